The van der Waals surface area contributed by atoms with Crippen molar-refractivity contribution in [3.8, 4) is 11.5 Å². The van der Waals surface area contributed by atoms with E-state index in [1.807, 2.05) is 18.2 Å². The quantitative estimate of drug-likeness (QED) is 0.441. The van der Waals surface area contributed by atoms with Crippen LogP contribution in [0.1, 0.15) is 69.6 Å². The molecule has 2 aromatic carbocycles. The Morgan fingerprint density at radius 3 is 2.62 bits per heavy atom. The summed E-state index contributed by atoms with van der Waals surface area (Å²) in [6.45, 7) is 9.81. The molecule has 1 amide bonds. The van der Waals surface area contributed by atoms with Crippen LogP contribution in [-0.2, 0) is 10.2 Å². The van der Waals surface area contributed by atoms with E-state index in [2.05, 4.69) is 68.3 Å². The first-order valence-electron chi connectivity index (χ1n) is 12.5. The maximum Gasteiger partial charge on any atom is 0.241 e. The fraction of sp³-hybridized carbons (Fsp3) is 0.483. The lowest BCUT2D eigenvalue weighted by molar-refractivity contribution is -0.118. The average molecular weight is 463 g/mol. The Hall–Kier alpha value is -2.95. The number of fused-ring (bicyclic) bond motifs is 3. The molecule has 0 spiro atoms. The molecular weight excluding hydrogens is 424 g/mol. The zero-order chi connectivity index (χ0) is 24.3. The van der Waals surface area contributed by atoms with Crippen molar-refractivity contribution in [3.05, 3.63) is 59.2 Å². The molecule has 5 heteroatoms. The second kappa shape index (κ2) is 9.73. The van der Waals surface area contributed by atoms with Gasteiger partial charge in [0.2, 0.25) is 5.91 Å². The molecule has 2 aromatic rings. The third-order valence-corrected chi connectivity index (χ3v) is 7.34. The lowest BCUT2D eigenvalue weighted by Gasteiger charge is -2.40. The van der Waals surface area contributed by atoms with Gasteiger partial charge in [-0.2, -0.15) is 0 Å². The van der Waals surface area contributed by atoms with Gasteiger partial charge in [0.25, 0.3) is 0 Å². The SMILES string of the molecule is CCCCCCCOc1ccc(C=CC23NC(=O)CN2c2ccc(C)cc2C3(C)C)cc1OC. The predicted octanol–water partition coefficient (Wildman–Crippen LogP) is 5.99. The number of amides is 1. The molecule has 2 aliphatic rings. The topological polar surface area (TPSA) is 50.8 Å². The molecule has 1 atom stereocenters. The number of nitrogens with one attached hydrogen (secondary N) is 1. The van der Waals surface area contributed by atoms with Crippen molar-refractivity contribution in [2.45, 2.75) is 70.9 Å². The summed E-state index contributed by atoms with van der Waals surface area (Å²) in [5.41, 5.74) is 3.72. The van der Waals surface area contributed by atoms with Gasteiger partial charge in [-0.3, -0.25) is 4.79 Å². The lowest BCUT2D eigenvalue weighted by Crippen LogP contribution is -2.58. The van der Waals surface area contributed by atoms with Crippen LogP contribution in [0.25, 0.3) is 6.08 Å². The lowest BCUT2D eigenvalue weighted by atomic mass is 9.75. The number of aryl methyl sites for hydroxylation is 1. The summed E-state index contributed by atoms with van der Waals surface area (Å²) in [6, 6.07) is 12.5. The number of hydrogen-bond acceptors (Lipinski definition) is 4. The molecule has 1 fully saturated rings. The van der Waals surface area contributed by atoms with Gasteiger partial charge >= 0.3 is 0 Å². The summed E-state index contributed by atoms with van der Waals surface area (Å²) in [4.78, 5) is 14.7. The van der Waals surface area contributed by atoms with Crippen LogP contribution in [-0.4, -0.2) is 31.8 Å². The van der Waals surface area contributed by atoms with Crippen molar-refractivity contribution in [1.82, 2.24) is 5.32 Å². The largest absolute Gasteiger partial charge is 0.493 e. The molecule has 0 aliphatic carbocycles. The van der Waals surface area contributed by atoms with E-state index in [1.165, 1.54) is 36.8 Å². The summed E-state index contributed by atoms with van der Waals surface area (Å²) in [5.74, 6) is 1.54. The van der Waals surface area contributed by atoms with E-state index >= 15 is 0 Å². The molecule has 0 aromatic heterocycles. The Labute approximate surface area is 204 Å². The standard InChI is InChI=1S/C29H38N2O3/c1-6-7-8-9-10-17-34-25-14-12-22(19-26(25)33-5)15-16-29-28(3,4)23-18-21(2)11-13-24(23)31(29)20-27(32)30-29/h11-16,18-19H,6-10,17,20H2,1-5H3,(H,30,32). The normalized spacial score (nSPS) is 20.4. The van der Waals surface area contributed by atoms with Crippen LogP contribution in [0.2, 0.25) is 0 Å². The molecule has 4 rings (SSSR count). The van der Waals surface area contributed by atoms with E-state index in [-0.39, 0.29) is 11.3 Å². The number of nitrogens with zero attached hydrogens (tertiary/aromatic N) is 1. The van der Waals surface area contributed by atoms with Crippen molar-refractivity contribution in [1.29, 1.82) is 0 Å². The highest BCUT2D eigenvalue weighted by molar-refractivity contribution is 5.91. The molecule has 1 unspecified atom stereocenters. The molecule has 1 saturated heterocycles. The highest BCUT2D eigenvalue weighted by Gasteiger charge is 2.59. The van der Waals surface area contributed by atoms with Crippen LogP contribution in [0.4, 0.5) is 5.69 Å². The molecule has 2 heterocycles. The monoisotopic (exact) mass is 462 g/mol. The minimum Gasteiger partial charge on any atom is -0.493 e. The number of ether oxygens (including phenoxy) is 2. The number of anilines is 1. The first kappa shape index (κ1) is 24.2. The second-order valence-corrected chi connectivity index (χ2v) is 10.1. The number of benzene rings is 2. The third kappa shape index (κ3) is 4.28. The maximum atomic E-state index is 12.5. The van der Waals surface area contributed by atoms with Crippen molar-refractivity contribution in [2.75, 3.05) is 25.2 Å². The Morgan fingerprint density at radius 2 is 1.85 bits per heavy atom. The fourth-order valence-electron chi connectivity index (χ4n) is 5.30. The van der Waals surface area contributed by atoms with Crippen LogP contribution >= 0.6 is 0 Å². The minimum absolute atomic E-state index is 0.0456. The van der Waals surface area contributed by atoms with Crippen molar-refractivity contribution in [3.63, 3.8) is 0 Å². The highest BCUT2D eigenvalue weighted by Crippen LogP contribution is 2.53. The average Bonchev–Trinajstić information content (AvgIpc) is 3.24. The first-order valence-corrected chi connectivity index (χ1v) is 12.5. The van der Waals surface area contributed by atoms with Gasteiger partial charge in [-0.25, -0.2) is 0 Å². The van der Waals surface area contributed by atoms with E-state index < -0.39 is 5.66 Å². The van der Waals surface area contributed by atoms with E-state index in [0.29, 0.717) is 13.2 Å². The molecule has 0 radical (unpaired) electrons. The summed E-state index contributed by atoms with van der Waals surface area (Å²) in [6.07, 6.45) is 10.2. The minimum atomic E-state index is -0.610. The van der Waals surface area contributed by atoms with Gasteiger partial charge in [0.1, 0.15) is 5.66 Å². The smallest absolute Gasteiger partial charge is 0.241 e. The van der Waals surface area contributed by atoms with Gasteiger partial charge in [-0.1, -0.05) is 76.3 Å². The van der Waals surface area contributed by atoms with Crippen LogP contribution in [0.5, 0.6) is 11.5 Å². The number of rotatable bonds is 10. The van der Waals surface area contributed by atoms with Gasteiger partial charge in [0.05, 0.1) is 20.3 Å². The third-order valence-electron chi connectivity index (χ3n) is 7.34. The summed E-state index contributed by atoms with van der Waals surface area (Å²) >= 11 is 0. The van der Waals surface area contributed by atoms with Gasteiger partial charge in [-0.15, -0.1) is 0 Å². The Balaban J connectivity index is 1.55. The van der Waals surface area contributed by atoms with Crippen LogP contribution < -0.4 is 19.7 Å². The predicted molar refractivity (Wildman–Crippen MR) is 139 cm³/mol. The second-order valence-electron chi connectivity index (χ2n) is 10.1. The van der Waals surface area contributed by atoms with Gasteiger partial charge in [-0.05, 0) is 48.7 Å². The summed E-state index contributed by atoms with van der Waals surface area (Å²) in [5, 5.41) is 3.29. The van der Waals surface area contributed by atoms with Crippen molar-refractivity contribution >= 4 is 17.7 Å². The van der Waals surface area contributed by atoms with Crippen LogP contribution in [0.3, 0.4) is 0 Å². The van der Waals surface area contributed by atoms with E-state index in [4.69, 9.17) is 9.47 Å². The zero-order valence-electron chi connectivity index (χ0n) is 21.2. The van der Waals surface area contributed by atoms with E-state index in [1.54, 1.807) is 7.11 Å². The zero-order valence-corrected chi connectivity index (χ0v) is 21.2. The molecule has 5 nitrogen and oxygen atoms in total. The van der Waals surface area contributed by atoms with Gasteiger partial charge < -0.3 is 19.7 Å². The van der Waals surface area contributed by atoms with Crippen LogP contribution in [0.15, 0.2) is 42.5 Å². The summed E-state index contributed by atoms with van der Waals surface area (Å²) in [7, 11) is 1.67. The molecule has 2 aliphatic heterocycles. The maximum absolute atomic E-state index is 12.5. The first-order chi connectivity index (χ1) is 16.3. The van der Waals surface area contributed by atoms with E-state index in [9.17, 15) is 4.79 Å². The molecule has 0 bridgehead atoms. The van der Waals surface area contributed by atoms with Crippen molar-refractivity contribution in [2.24, 2.45) is 0 Å². The molecule has 0 saturated carbocycles. The molecule has 182 valence electrons. The van der Waals surface area contributed by atoms with Gasteiger partial charge in [0, 0.05) is 11.1 Å². The van der Waals surface area contributed by atoms with E-state index in [0.717, 1.165) is 29.2 Å². The number of carbonyl (C=O) groups excluding carboxylic acids is 1. The van der Waals surface area contributed by atoms with Gasteiger partial charge in [0.15, 0.2) is 11.5 Å². The Kier molecular flexibility index (Phi) is 6.92. The molecular formula is C29H38N2O3. The number of hydrogen-bond donors (Lipinski definition) is 1. The Morgan fingerprint density at radius 1 is 1.06 bits per heavy atom. The van der Waals surface area contributed by atoms with Crippen molar-refractivity contribution < 1.29 is 14.3 Å². The molecule has 1 N–H and O–H groups in total. The van der Waals surface area contributed by atoms with Crippen LogP contribution in [0, 0.1) is 6.92 Å². The number of methoxy groups -OCH3 is 1. The molecule has 34 heavy (non-hydrogen) atoms. The number of carbonyl (C=O) groups is 1. The fourth-order valence-corrected chi connectivity index (χ4v) is 5.30. The highest BCUT2D eigenvalue weighted by atomic mass is 16.5. The Bertz CT molecular complexity index is 1080. The number of unbranched alkanes of at least 4 members (excludes halogenated alkanes) is 4. The summed E-state index contributed by atoms with van der Waals surface area (Å²) < 4.78 is 11.6.